The Morgan fingerprint density at radius 3 is 1.56 bits per heavy atom. The van der Waals surface area contributed by atoms with E-state index in [4.69, 9.17) is 0 Å². The van der Waals surface area contributed by atoms with Gasteiger partial charge in [0.2, 0.25) is 0 Å². The molecule has 0 amide bonds. The minimum atomic E-state index is 1.06. The van der Waals surface area contributed by atoms with E-state index < -0.39 is 0 Å². The number of hydrogen-bond acceptors (Lipinski definition) is 0. The molecule has 140 valence electrons. The molecule has 0 radical (unpaired) electrons. The molecule has 0 atom stereocenters. The predicted octanol–water partition coefficient (Wildman–Crippen LogP) is 7.63. The third-order valence-corrected chi connectivity index (χ3v) is 5.49. The standard InChI is InChI=1S/C27H32/c1-7-21-10-18(4)12-24(15-21)26-17-23(9-3)14-20(6)27(26)25-13-19(5)11-22(8-2)16-25/h10-17H,7-9H2,1-6H3. The van der Waals surface area contributed by atoms with E-state index in [-0.39, 0.29) is 0 Å². The average molecular weight is 357 g/mol. The fourth-order valence-corrected chi connectivity index (χ4v) is 4.11. The van der Waals surface area contributed by atoms with Crippen molar-refractivity contribution in [3.05, 3.63) is 81.9 Å². The van der Waals surface area contributed by atoms with Crippen molar-refractivity contribution in [1.29, 1.82) is 0 Å². The van der Waals surface area contributed by atoms with Gasteiger partial charge in [-0.2, -0.15) is 0 Å². The second-order valence-corrected chi connectivity index (χ2v) is 7.81. The van der Waals surface area contributed by atoms with Crippen LogP contribution in [0.25, 0.3) is 22.3 Å². The lowest BCUT2D eigenvalue weighted by Gasteiger charge is -2.18. The van der Waals surface area contributed by atoms with Crippen molar-refractivity contribution in [2.45, 2.75) is 60.8 Å². The summed E-state index contributed by atoms with van der Waals surface area (Å²) in [5.41, 5.74) is 13.7. The molecule has 0 unspecified atom stereocenters. The highest BCUT2D eigenvalue weighted by molar-refractivity contribution is 5.87. The van der Waals surface area contributed by atoms with Crippen molar-refractivity contribution in [3.63, 3.8) is 0 Å². The Labute approximate surface area is 165 Å². The van der Waals surface area contributed by atoms with Crippen LogP contribution in [0.5, 0.6) is 0 Å². The predicted molar refractivity (Wildman–Crippen MR) is 120 cm³/mol. The number of aryl methyl sites for hydroxylation is 6. The fraction of sp³-hybridized carbons (Fsp3) is 0.333. The van der Waals surface area contributed by atoms with Gasteiger partial charge < -0.3 is 0 Å². The van der Waals surface area contributed by atoms with Crippen LogP contribution in [-0.2, 0) is 19.3 Å². The molecule has 0 aliphatic carbocycles. The Bertz CT molecular complexity index is 960. The molecule has 0 aromatic heterocycles. The molecule has 0 nitrogen and oxygen atoms in total. The normalized spacial score (nSPS) is 11.0. The number of hydrogen-bond donors (Lipinski definition) is 0. The van der Waals surface area contributed by atoms with Gasteiger partial charge in [0.05, 0.1) is 0 Å². The smallest absolute Gasteiger partial charge is 0.00757 e. The molecule has 3 rings (SSSR count). The third kappa shape index (κ3) is 4.16. The van der Waals surface area contributed by atoms with Gasteiger partial charge in [0.25, 0.3) is 0 Å². The van der Waals surface area contributed by atoms with Crippen molar-refractivity contribution >= 4 is 0 Å². The van der Waals surface area contributed by atoms with Crippen LogP contribution in [0.3, 0.4) is 0 Å². The van der Waals surface area contributed by atoms with Crippen LogP contribution in [0, 0.1) is 20.8 Å². The lowest BCUT2D eigenvalue weighted by atomic mass is 9.86. The van der Waals surface area contributed by atoms with E-state index in [0.29, 0.717) is 0 Å². The molecule has 0 heteroatoms. The van der Waals surface area contributed by atoms with Gasteiger partial charge in [-0.3, -0.25) is 0 Å². The summed E-state index contributed by atoms with van der Waals surface area (Å²) < 4.78 is 0. The highest BCUT2D eigenvalue weighted by Gasteiger charge is 2.14. The van der Waals surface area contributed by atoms with Gasteiger partial charge >= 0.3 is 0 Å². The molecule has 27 heavy (non-hydrogen) atoms. The lowest BCUT2D eigenvalue weighted by Crippen LogP contribution is -1.96. The van der Waals surface area contributed by atoms with Crippen LogP contribution in [0.1, 0.15) is 54.2 Å². The van der Waals surface area contributed by atoms with Gasteiger partial charge in [0.15, 0.2) is 0 Å². The average Bonchev–Trinajstić information content (AvgIpc) is 2.66. The van der Waals surface area contributed by atoms with Gasteiger partial charge in [-0.05, 0) is 84.5 Å². The zero-order chi connectivity index (χ0) is 19.6. The summed E-state index contributed by atoms with van der Waals surface area (Å²) >= 11 is 0. The fourth-order valence-electron chi connectivity index (χ4n) is 4.11. The van der Waals surface area contributed by atoms with Crippen LogP contribution in [-0.4, -0.2) is 0 Å². The van der Waals surface area contributed by atoms with Crippen molar-refractivity contribution in [1.82, 2.24) is 0 Å². The minimum absolute atomic E-state index is 1.06. The molecule has 0 N–H and O–H groups in total. The summed E-state index contributed by atoms with van der Waals surface area (Å²) in [4.78, 5) is 0. The second-order valence-electron chi connectivity index (χ2n) is 7.81. The van der Waals surface area contributed by atoms with Crippen LogP contribution in [0.15, 0.2) is 48.5 Å². The van der Waals surface area contributed by atoms with Gasteiger partial charge in [-0.25, -0.2) is 0 Å². The molecule has 0 aliphatic heterocycles. The highest BCUT2D eigenvalue weighted by atomic mass is 14.2. The van der Waals surface area contributed by atoms with E-state index in [2.05, 4.69) is 90.1 Å². The van der Waals surface area contributed by atoms with E-state index in [0.717, 1.165) is 19.3 Å². The molecule has 3 aromatic rings. The number of rotatable bonds is 5. The molecule has 0 saturated heterocycles. The Morgan fingerprint density at radius 1 is 0.519 bits per heavy atom. The third-order valence-electron chi connectivity index (χ3n) is 5.49. The summed E-state index contributed by atoms with van der Waals surface area (Å²) in [5.74, 6) is 0. The summed E-state index contributed by atoms with van der Waals surface area (Å²) in [6, 6.07) is 18.8. The van der Waals surface area contributed by atoms with Crippen molar-refractivity contribution in [2.75, 3.05) is 0 Å². The maximum Gasteiger partial charge on any atom is -0.00757 e. The van der Waals surface area contributed by atoms with Crippen molar-refractivity contribution < 1.29 is 0 Å². The van der Waals surface area contributed by atoms with Gasteiger partial charge in [-0.1, -0.05) is 80.4 Å². The molecule has 0 heterocycles. The first-order chi connectivity index (χ1) is 12.9. The topological polar surface area (TPSA) is 0 Å². The van der Waals surface area contributed by atoms with E-state index >= 15 is 0 Å². The molecule has 3 aromatic carbocycles. The zero-order valence-electron chi connectivity index (χ0n) is 17.7. The molecular formula is C27H32. The molecule has 0 spiro atoms. The van der Waals surface area contributed by atoms with Crippen LogP contribution >= 0.6 is 0 Å². The van der Waals surface area contributed by atoms with Gasteiger partial charge in [0.1, 0.15) is 0 Å². The summed E-state index contributed by atoms with van der Waals surface area (Å²) in [7, 11) is 0. The van der Waals surface area contributed by atoms with E-state index in [1.54, 1.807) is 0 Å². The second kappa shape index (κ2) is 8.13. The maximum atomic E-state index is 2.41. The monoisotopic (exact) mass is 356 g/mol. The maximum absolute atomic E-state index is 2.41. The summed E-state index contributed by atoms with van der Waals surface area (Å²) in [6.45, 7) is 13.4. The lowest BCUT2D eigenvalue weighted by molar-refractivity contribution is 1.12. The van der Waals surface area contributed by atoms with Crippen molar-refractivity contribution in [3.8, 4) is 22.3 Å². The van der Waals surface area contributed by atoms with Crippen LogP contribution in [0.4, 0.5) is 0 Å². The first kappa shape index (κ1) is 19.4. The van der Waals surface area contributed by atoms with E-state index in [9.17, 15) is 0 Å². The van der Waals surface area contributed by atoms with Crippen LogP contribution < -0.4 is 0 Å². The van der Waals surface area contributed by atoms with Crippen molar-refractivity contribution in [2.24, 2.45) is 0 Å². The largest absolute Gasteiger partial charge is 0.0613 e. The number of benzene rings is 3. The highest BCUT2D eigenvalue weighted by Crippen LogP contribution is 2.38. The van der Waals surface area contributed by atoms with Gasteiger partial charge in [0, 0.05) is 0 Å². The summed E-state index contributed by atoms with van der Waals surface area (Å²) in [5, 5.41) is 0. The van der Waals surface area contributed by atoms with E-state index in [1.807, 2.05) is 0 Å². The molecular weight excluding hydrogens is 324 g/mol. The Balaban J connectivity index is 2.32. The van der Waals surface area contributed by atoms with Crippen LogP contribution in [0.2, 0.25) is 0 Å². The summed E-state index contributed by atoms with van der Waals surface area (Å²) in [6.07, 6.45) is 3.20. The zero-order valence-corrected chi connectivity index (χ0v) is 17.7. The SMILES string of the molecule is CCc1cc(C)cc(-c2cc(CC)cc(C)c2-c2cc(C)cc(CC)c2)c1. The molecule has 0 saturated carbocycles. The first-order valence-corrected chi connectivity index (χ1v) is 10.3. The Hall–Kier alpha value is -2.34. The van der Waals surface area contributed by atoms with Gasteiger partial charge in [-0.15, -0.1) is 0 Å². The molecule has 0 bridgehead atoms. The van der Waals surface area contributed by atoms with E-state index in [1.165, 1.54) is 55.6 Å². The Kier molecular flexibility index (Phi) is 5.85. The first-order valence-electron chi connectivity index (χ1n) is 10.3. The molecule has 0 fully saturated rings. The Morgan fingerprint density at radius 2 is 1.00 bits per heavy atom. The molecule has 0 aliphatic rings. The minimum Gasteiger partial charge on any atom is -0.0613 e. The quantitative estimate of drug-likeness (QED) is 0.441.